The van der Waals surface area contributed by atoms with Crippen LogP contribution in [-0.2, 0) is 19.9 Å². The molecule has 2 aliphatic rings. The zero-order valence-electron chi connectivity index (χ0n) is 21.4. The number of carbonyl (C=O) groups excluding carboxylic acids is 1. The maximum absolute atomic E-state index is 12.7. The Bertz CT molecular complexity index is 1270. The Hall–Kier alpha value is -3.21. The van der Waals surface area contributed by atoms with Crippen molar-refractivity contribution in [2.75, 3.05) is 26.2 Å². The second-order valence-electron chi connectivity index (χ2n) is 10.3. The van der Waals surface area contributed by atoms with Gasteiger partial charge in [-0.2, -0.15) is 23.3 Å². The first-order valence-electron chi connectivity index (χ1n) is 13.1. The summed E-state index contributed by atoms with van der Waals surface area (Å²) in [5.74, 6) is 1.36. The topological polar surface area (TPSA) is 85.8 Å². The van der Waals surface area contributed by atoms with Gasteiger partial charge in [-0.15, -0.1) is 0 Å². The van der Waals surface area contributed by atoms with Crippen molar-refractivity contribution in [3.63, 3.8) is 0 Å². The number of alkyl halides is 3. The average Bonchev–Trinajstić information content (AvgIpc) is 3.42. The second kappa shape index (κ2) is 11.3. The monoisotopic (exact) mass is 531 g/mol. The van der Waals surface area contributed by atoms with Gasteiger partial charge in [0, 0.05) is 50.8 Å². The summed E-state index contributed by atoms with van der Waals surface area (Å²) in [5, 5.41) is 5.18. The van der Waals surface area contributed by atoms with Crippen molar-refractivity contribution in [2.45, 2.75) is 51.1 Å². The molecule has 3 aromatic rings. The highest BCUT2D eigenvalue weighted by Crippen LogP contribution is 2.31. The Labute approximate surface area is 218 Å². The normalized spacial score (nSPS) is 21.1. The summed E-state index contributed by atoms with van der Waals surface area (Å²) in [4.78, 5) is 23.5. The Morgan fingerprint density at radius 2 is 2.00 bits per heavy atom. The van der Waals surface area contributed by atoms with Crippen LogP contribution in [0.1, 0.15) is 53.9 Å². The molecule has 1 saturated carbocycles. The van der Waals surface area contributed by atoms with Gasteiger partial charge in [-0.3, -0.25) is 9.48 Å². The number of oxazole rings is 1. The van der Waals surface area contributed by atoms with E-state index in [2.05, 4.69) is 24.7 Å². The first kappa shape index (κ1) is 26.4. The van der Waals surface area contributed by atoms with Gasteiger partial charge in [-0.25, -0.2) is 4.99 Å². The van der Waals surface area contributed by atoms with Crippen LogP contribution in [0.4, 0.5) is 13.2 Å². The zero-order chi connectivity index (χ0) is 26.7. The molecule has 8 nitrogen and oxygen atoms in total. The van der Waals surface area contributed by atoms with Crippen molar-refractivity contribution >= 4 is 23.0 Å². The van der Waals surface area contributed by atoms with Crippen molar-refractivity contribution in [1.29, 1.82) is 0 Å². The summed E-state index contributed by atoms with van der Waals surface area (Å²) in [6.07, 6.45) is 5.59. The van der Waals surface area contributed by atoms with E-state index in [4.69, 9.17) is 4.42 Å². The number of amides is 1. The number of aromatic nitrogens is 3. The number of hydrogen-bond acceptors (Lipinski definition) is 6. The molecule has 0 bridgehead atoms. The van der Waals surface area contributed by atoms with Crippen LogP contribution in [-0.4, -0.2) is 64.2 Å². The predicted octanol–water partition coefficient (Wildman–Crippen LogP) is 5.01. The zero-order valence-corrected chi connectivity index (χ0v) is 21.4. The summed E-state index contributed by atoms with van der Waals surface area (Å²) in [5.41, 5.74) is 2.07. The van der Waals surface area contributed by atoms with E-state index in [0.29, 0.717) is 41.7 Å². The van der Waals surface area contributed by atoms with Crippen LogP contribution in [0.5, 0.6) is 6.08 Å². The van der Waals surface area contributed by atoms with Crippen molar-refractivity contribution in [2.24, 2.45) is 23.9 Å². The molecule has 0 unspecified atom stereocenters. The maximum atomic E-state index is 12.7. The highest BCUT2D eigenvalue weighted by atomic mass is 19.4. The van der Waals surface area contributed by atoms with E-state index in [9.17, 15) is 18.0 Å². The number of halogens is 3. The van der Waals surface area contributed by atoms with Gasteiger partial charge in [-0.05, 0) is 62.6 Å². The van der Waals surface area contributed by atoms with Crippen LogP contribution >= 0.6 is 0 Å². The lowest BCUT2D eigenvalue weighted by molar-refractivity contribution is -0.157. The van der Waals surface area contributed by atoms with Crippen LogP contribution < -0.4 is 4.74 Å². The third kappa shape index (κ3) is 6.61. The Kier molecular flexibility index (Phi) is 7.83. The summed E-state index contributed by atoms with van der Waals surface area (Å²) in [6, 6.07) is 5.52. The van der Waals surface area contributed by atoms with Gasteiger partial charge in [-0.1, -0.05) is 6.07 Å². The maximum Gasteiger partial charge on any atom is 0.422 e. The van der Waals surface area contributed by atoms with E-state index >= 15 is 0 Å². The molecule has 5 rings (SSSR count). The second-order valence-corrected chi connectivity index (χ2v) is 10.3. The molecule has 0 radical (unpaired) electrons. The molecule has 1 amide bonds. The molecule has 0 atom stereocenters. The molecule has 1 aliphatic carbocycles. The number of hydrogen-bond donors (Lipinski definition) is 0. The number of aryl methyl sites for hydroxylation is 1. The molecule has 38 heavy (non-hydrogen) atoms. The minimum Gasteiger partial charge on any atom is -0.441 e. The van der Waals surface area contributed by atoms with Gasteiger partial charge in [0.05, 0.1) is 16.8 Å². The van der Waals surface area contributed by atoms with Crippen LogP contribution in [0.15, 0.2) is 33.8 Å². The summed E-state index contributed by atoms with van der Waals surface area (Å²) >= 11 is 0. The minimum absolute atomic E-state index is 0.222. The smallest absolute Gasteiger partial charge is 0.422 e. The fraction of sp³-hybridized carbons (Fsp3) is 0.556. The SMILES string of the molecule is Cn1cc2c(C(=O)/N=C/C3CCC(CCN4CCc5nc(OCC(F)(F)F)oc5CC4)CC3)cccc2n1. The van der Waals surface area contributed by atoms with Crippen molar-refractivity contribution < 1.29 is 27.1 Å². The van der Waals surface area contributed by atoms with Gasteiger partial charge in [0.15, 0.2) is 6.61 Å². The molecule has 2 aromatic heterocycles. The quantitative estimate of drug-likeness (QED) is 0.399. The Balaban J connectivity index is 1.04. The molecular weight excluding hydrogens is 499 g/mol. The van der Waals surface area contributed by atoms with Gasteiger partial charge in [0.1, 0.15) is 5.76 Å². The minimum atomic E-state index is -4.42. The molecule has 0 saturated heterocycles. The highest BCUT2D eigenvalue weighted by Gasteiger charge is 2.30. The van der Waals surface area contributed by atoms with Crippen LogP contribution in [0.25, 0.3) is 10.9 Å². The first-order valence-corrected chi connectivity index (χ1v) is 13.1. The van der Waals surface area contributed by atoms with E-state index in [1.807, 2.05) is 31.6 Å². The van der Waals surface area contributed by atoms with Crippen LogP contribution in [0.2, 0.25) is 0 Å². The molecule has 3 heterocycles. The van der Waals surface area contributed by atoms with E-state index < -0.39 is 12.8 Å². The highest BCUT2D eigenvalue weighted by molar-refractivity contribution is 6.08. The third-order valence-electron chi connectivity index (χ3n) is 7.48. The Morgan fingerprint density at radius 3 is 2.79 bits per heavy atom. The first-order chi connectivity index (χ1) is 18.2. The molecule has 0 N–H and O–H groups in total. The predicted molar refractivity (Wildman–Crippen MR) is 136 cm³/mol. The standard InChI is InChI=1S/C27H32F3N5O3/c1-34-16-21-20(3-2-4-22(21)33-34)25(36)31-15-19-7-5-18(6-8-19)9-12-35-13-10-23-24(11-14-35)38-26(32-23)37-17-27(28,29)30/h2-4,15-16,18-19H,5-14,17H2,1H3/b31-15+. The molecule has 1 fully saturated rings. The number of aliphatic imine (C=N–C) groups is 1. The lowest BCUT2D eigenvalue weighted by atomic mass is 9.81. The summed E-state index contributed by atoms with van der Waals surface area (Å²) in [6.45, 7) is 1.16. The van der Waals surface area contributed by atoms with E-state index in [-0.39, 0.29) is 12.0 Å². The largest absolute Gasteiger partial charge is 0.441 e. The molecule has 1 aromatic carbocycles. The van der Waals surface area contributed by atoms with E-state index in [0.717, 1.165) is 62.6 Å². The number of carbonyl (C=O) groups is 1. The fourth-order valence-electron chi connectivity index (χ4n) is 5.40. The van der Waals surface area contributed by atoms with Crippen molar-refractivity contribution in [3.05, 3.63) is 41.4 Å². The Morgan fingerprint density at radius 1 is 1.21 bits per heavy atom. The number of nitrogens with zero attached hydrogens (tertiary/aromatic N) is 5. The van der Waals surface area contributed by atoms with Gasteiger partial charge < -0.3 is 14.1 Å². The van der Waals surface area contributed by atoms with Crippen LogP contribution in [0, 0.1) is 11.8 Å². The summed E-state index contributed by atoms with van der Waals surface area (Å²) < 4.78 is 48.9. The lowest BCUT2D eigenvalue weighted by Gasteiger charge is -2.28. The lowest BCUT2D eigenvalue weighted by Crippen LogP contribution is -2.29. The fourth-order valence-corrected chi connectivity index (χ4v) is 5.40. The van der Waals surface area contributed by atoms with Crippen molar-refractivity contribution in [3.8, 4) is 6.08 Å². The number of rotatable bonds is 7. The average molecular weight is 532 g/mol. The number of fused-ring (bicyclic) bond motifs is 2. The summed E-state index contributed by atoms with van der Waals surface area (Å²) in [7, 11) is 1.84. The van der Waals surface area contributed by atoms with Gasteiger partial charge in [0.2, 0.25) is 0 Å². The number of benzene rings is 1. The third-order valence-corrected chi connectivity index (χ3v) is 7.48. The molecule has 11 heteroatoms. The molecule has 1 aliphatic heterocycles. The van der Waals surface area contributed by atoms with E-state index in [1.54, 1.807) is 10.7 Å². The molecular formula is C27H32F3N5O3. The number of ether oxygens (including phenoxy) is 1. The molecule has 204 valence electrons. The van der Waals surface area contributed by atoms with Crippen LogP contribution in [0.3, 0.4) is 0 Å². The van der Waals surface area contributed by atoms with Crippen molar-refractivity contribution in [1.82, 2.24) is 19.7 Å². The van der Waals surface area contributed by atoms with E-state index in [1.165, 1.54) is 0 Å². The van der Waals surface area contributed by atoms with Gasteiger partial charge in [0.25, 0.3) is 5.91 Å². The molecule has 0 spiro atoms. The van der Waals surface area contributed by atoms with Gasteiger partial charge >= 0.3 is 12.3 Å².